The first kappa shape index (κ1) is 8.97. The van der Waals surface area contributed by atoms with Gasteiger partial charge in [-0.2, -0.15) is 0 Å². The van der Waals surface area contributed by atoms with E-state index in [0.717, 1.165) is 26.4 Å². The number of hydrogen-bond donors (Lipinski definition) is 0. The molecule has 1 atom stereocenters. The Bertz CT molecular complexity index is 79.7. The minimum absolute atomic E-state index is 0.426. The van der Waals surface area contributed by atoms with Gasteiger partial charge in [0.25, 0.3) is 0 Å². The molecule has 2 aliphatic heterocycles. The van der Waals surface area contributed by atoms with Crippen LogP contribution in [-0.2, 0) is 14.2 Å². The molecule has 1 unspecified atom stereocenters. The van der Waals surface area contributed by atoms with Gasteiger partial charge in [0.15, 0.2) is 0 Å². The Morgan fingerprint density at radius 2 is 2.00 bits per heavy atom. The summed E-state index contributed by atoms with van der Waals surface area (Å²) >= 11 is 0. The van der Waals surface area contributed by atoms with E-state index >= 15 is 0 Å². The van der Waals surface area contributed by atoms with Gasteiger partial charge in [0.1, 0.15) is 6.10 Å². The number of rotatable bonds is 2. The molecule has 0 saturated carbocycles. The van der Waals surface area contributed by atoms with Gasteiger partial charge in [-0.05, 0) is 12.8 Å². The summed E-state index contributed by atoms with van der Waals surface area (Å²) in [6, 6.07) is 0. The zero-order chi connectivity index (χ0) is 7.94. The molecule has 0 aromatic rings. The van der Waals surface area contributed by atoms with Gasteiger partial charge in [-0.25, -0.2) is 0 Å². The maximum absolute atomic E-state index is 4.94. The predicted octanol–water partition coefficient (Wildman–Crippen LogP) is 0.828. The number of ether oxygens (including phenoxy) is 3. The van der Waals surface area contributed by atoms with Gasteiger partial charge in [0.05, 0.1) is 13.2 Å². The standard InChI is InChI=1S/C4H8O2.C4H8O/c1-5-2-4-3-6-4;1-2-4-5-3-1/h4H,2-3H2,1H3;1-4H2. The lowest BCUT2D eigenvalue weighted by Gasteiger charge is -1.84. The van der Waals surface area contributed by atoms with Crippen molar-refractivity contribution < 1.29 is 14.2 Å². The van der Waals surface area contributed by atoms with Crippen LogP contribution in [-0.4, -0.2) is 39.6 Å². The summed E-state index contributed by atoms with van der Waals surface area (Å²) in [6.45, 7) is 3.66. The van der Waals surface area contributed by atoms with Crippen LogP contribution in [0.2, 0.25) is 0 Å². The zero-order valence-electron chi connectivity index (χ0n) is 7.04. The normalized spacial score (nSPS) is 27.5. The quantitative estimate of drug-likeness (QED) is 0.560. The monoisotopic (exact) mass is 160 g/mol. The highest BCUT2D eigenvalue weighted by atomic mass is 16.6. The van der Waals surface area contributed by atoms with Crippen LogP contribution in [0.5, 0.6) is 0 Å². The molecule has 0 aliphatic carbocycles. The van der Waals surface area contributed by atoms with Gasteiger partial charge >= 0.3 is 0 Å². The molecule has 66 valence electrons. The van der Waals surface area contributed by atoms with Gasteiger partial charge in [-0.15, -0.1) is 0 Å². The van der Waals surface area contributed by atoms with E-state index in [2.05, 4.69) is 0 Å². The average Bonchev–Trinajstić information content (AvgIpc) is 2.68. The van der Waals surface area contributed by atoms with Crippen LogP contribution in [0.25, 0.3) is 0 Å². The molecule has 0 radical (unpaired) electrons. The maximum atomic E-state index is 4.94. The lowest BCUT2D eigenvalue weighted by atomic mass is 10.4. The largest absolute Gasteiger partial charge is 0.382 e. The summed E-state index contributed by atoms with van der Waals surface area (Å²) in [7, 11) is 1.68. The molecular weight excluding hydrogens is 144 g/mol. The van der Waals surface area contributed by atoms with Crippen molar-refractivity contribution in [1.82, 2.24) is 0 Å². The van der Waals surface area contributed by atoms with Crippen molar-refractivity contribution in [2.75, 3.05) is 33.5 Å². The first-order valence-corrected chi connectivity index (χ1v) is 4.12. The van der Waals surface area contributed by atoms with E-state index in [-0.39, 0.29) is 0 Å². The summed E-state index contributed by atoms with van der Waals surface area (Å²) in [5.41, 5.74) is 0. The Hall–Kier alpha value is -0.120. The summed E-state index contributed by atoms with van der Waals surface area (Å²) in [5, 5.41) is 0. The van der Waals surface area contributed by atoms with E-state index in [1.165, 1.54) is 12.8 Å². The van der Waals surface area contributed by atoms with Crippen LogP contribution in [0, 0.1) is 0 Å². The smallest absolute Gasteiger partial charge is 0.104 e. The van der Waals surface area contributed by atoms with Gasteiger partial charge < -0.3 is 14.2 Å². The fourth-order valence-electron chi connectivity index (χ4n) is 0.860. The first-order chi connectivity index (χ1) is 5.43. The van der Waals surface area contributed by atoms with Crippen LogP contribution in [0.1, 0.15) is 12.8 Å². The van der Waals surface area contributed by atoms with Crippen molar-refractivity contribution in [3.05, 3.63) is 0 Å². The molecule has 3 heteroatoms. The van der Waals surface area contributed by atoms with Crippen molar-refractivity contribution in [2.45, 2.75) is 18.9 Å². The van der Waals surface area contributed by atoms with E-state index in [4.69, 9.17) is 14.2 Å². The second-order valence-corrected chi connectivity index (χ2v) is 2.73. The maximum Gasteiger partial charge on any atom is 0.104 e. The molecular formula is C8H16O3. The predicted molar refractivity (Wildman–Crippen MR) is 41.7 cm³/mol. The molecule has 2 rings (SSSR count). The highest BCUT2D eigenvalue weighted by Gasteiger charge is 2.21. The van der Waals surface area contributed by atoms with Crippen LogP contribution in [0.15, 0.2) is 0 Å². The highest BCUT2D eigenvalue weighted by Crippen LogP contribution is 2.06. The zero-order valence-corrected chi connectivity index (χ0v) is 7.04. The van der Waals surface area contributed by atoms with Crippen LogP contribution >= 0.6 is 0 Å². The second kappa shape index (κ2) is 5.52. The van der Waals surface area contributed by atoms with Crippen LogP contribution in [0.3, 0.4) is 0 Å². The van der Waals surface area contributed by atoms with Crippen molar-refractivity contribution >= 4 is 0 Å². The molecule has 2 saturated heterocycles. The van der Waals surface area contributed by atoms with E-state index in [1.807, 2.05) is 0 Å². The number of hydrogen-bond acceptors (Lipinski definition) is 3. The van der Waals surface area contributed by atoms with Crippen molar-refractivity contribution in [2.24, 2.45) is 0 Å². The number of methoxy groups -OCH3 is 1. The topological polar surface area (TPSA) is 31.0 Å². The van der Waals surface area contributed by atoms with Crippen molar-refractivity contribution in [1.29, 1.82) is 0 Å². The van der Waals surface area contributed by atoms with Gasteiger partial charge in [0, 0.05) is 20.3 Å². The summed E-state index contributed by atoms with van der Waals surface area (Å²) < 4.78 is 14.5. The molecule has 0 bridgehead atoms. The Morgan fingerprint density at radius 3 is 2.18 bits per heavy atom. The Labute approximate surface area is 67.6 Å². The molecule has 2 aliphatic rings. The molecule has 0 spiro atoms. The lowest BCUT2D eigenvalue weighted by molar-refractivity contribution is 0.171. The molecule has 2 fully saturated rings. The molecule has 2 heterocycles. The minimum atomic E-state index is 0.426. The minimum Gasteiger partial charge on any atom is -0.382 e. The third kappa shape index (κ3) is 5.18. The highest BCUT2D eigenvalue weighted by molar-refractivity contribution is 4.66. The van der Waals surface area contributed by atoms with E-state index in [9.17, 15) is 0 Å². The van der Waals surface area contributed by atoms with Gasteiger partial charge in [-0.1, -0.05) is 0 Å². The Kier molecular flexibility index (Phi) is 4.50. The lowest BCUT2D eigenvalue weighted by Crippen LogP contribution is -1.94. The van der Waals surface area contributed by atoms with Crippen LogP contribution < -0.4 is 0 Å². The van der Waals surface area contributed by atoms with Crippen molar-refractivity contribution in [3.8, 4) is 0 Å². The Balaban J connectivity index is 0.000000112. The third-order valence-corrected chi connectivity index (χ3v) is 1.58. The van der Waals surface area contributed by atoms with Gasteiger partial charge in [0.2, 0.25) is 0 Å². The molecule has 11 heavy (non-hydrogen) atoms. The molecule has 0 amide bonds. The van der Waals surface area contributed by atoms with Gasteiger partial charge in [-0.3, -0.25) is 0 Å². The van der Waals surface area contributed by atoms with E-state index in [1.54, 1.807) is 7.11 Å². The molecule has 3 nitrogen and oxygen atoms in total. The van der Waals surface area contributed by atoms with E-state index < -0.39 is 0 Å². The third-order valence-electron chi connectivity index (χ3n) is 1.58. The first-order valence-electron chi connectivity index (χ1n) is 4.12. The fourth-order valence-corrected chi connectivity index (χ4v) is 0.860. The SMILES string of the molecule is C1CCOC1.COCC1CO1. The summed E-state index contributed by atoms with van der Waals surface area (Å²) in [5.74, 6) is 0. The van der Waals surface area contributed by atoms with E-state index in [0.29, 0.717) is 6.10 Å². The summed E-state index contributed by atoms with van der Waals surface area (Å²) in [4.78, 5) is 0. The molecule has 0 N–H and O–H groups in total. The summed E-state index contributed by atoms with van der Waals surface area (Å²) in [6.07, 6.45) is 2.98. The Morgan fingerprint density at radius 1 is 1.36 bits per heavy atom. The second-order valence-electron chi connectivity index (χ2n) is 2.73. The van der Waals surface area contributed by atoms with Crippen LogP contribution in [0.4, 0.5) is 0 Å². The molecule has 0 aromatic carbocycles. The van der Waals surface area contributed by atoms with Crippen molar-refractivity contribution in [3.63, 3.8) is 0 Å². The average molecular weight is 160 g/mol. The molecule has 0 aromatic heterocycles. The number of epoxide rings is 1. The fraction of sp³-hybridized carbons (Fsp3) is 1.00.